The molecular formula is C10H22Cl2N2O2. The first kappa shape index (κ1) is 18.3. The van der Waals surface area contributed by atoms with E-state index in [4.69, 9.17) is 5.11 Å². The summed E-state index contributed by atoms with van der Waals surface area (Å²) >= 11 is 0. The van der Waals surface area contributed by atoms with E-state index in [0.717, 1.165) is 32.6 Å². The number of carboxylic acids is 1. The van der Waals surface area contributed by atoms with Crippen LogP contribution in [-0.4, -0.2) is 60.1 Å². The lowest BCUT2D eigenvalue weighted by molar-refractivity contribution is -0.137. The van der Waals surface area contributed by atoms with Crippen molar-refractivity contribution in [2.45, 2.75) is 25.8 Å². The molecule has 1 N–H and O–H groups in total. The van der Waals surface area contributed by atoms with Crippen molar-refractivity contribution < 1.29 is 9.90 Å². The number of nitrogens with zero attached hydrogens (tertiary/aromatic N) is 2. The predicted octanol–water partition coefficient (Wildman–Crippen LogP) is 1.33. The second kappa shape index (κ2) is 9.05. The minimum absolute atomic E-state index is 0. The van der Waals surface area contributed by atoms with Gasteiger partial charge in [-0.3, -0.25) is 9.69 Å². The average molecular weight is 273 g/mol. The summed E-state index contributed by atoms with van der Waals surface area (Å²) in [6, 6.07) is 0.403. The molecule has 0 amide bonds. The maximum Gasteiger partial charge on any atom is 0.303 e. The highest BCUT2D eigenvalue weighted by atomic mass is 35.5. The number of rotatable bonds is 4. The summed E-state index contributed by atoms with van der Waals surface area (Å²) in [6.45, 7) is 6.44. The Hall–Kier alpha value is -0.0300. The number of hydrogen-bond donors (Lipinski definition) is 1. The normalized spacial score (nSPS) is 19.4. The van der Waals surface area contributed by atoms with Crippen molar-refractivity contribution in [3.63, 3.8) is 0 Å². The largest absolute Gasteiger partial charge is 0.481 e. The van der Waals surface area contributed by atoms with Gasteiger partial charge in [0.1, 0.15) is 0 Å². The monoisotopic (exact) mass is 272 g/mol. The van der Waals surface area contributed by atoms with Gasteiger partial charge in [-0.2, -0.15) is 0 Å². The van der Waals surface area contributed by atoms with Crippen molar-refractivity contribution in [1.82, 2.24) is 9.80 Å². The fourth-order valence-corrected chi connectivity index (χ4v) is 1.78. The zero-order chi connectivity index (χ0) is 10.6. The van der Waals surface area contributed by atoms with E-state index in [1.165, 1.54) is 0 Å². The SMILES string of the molecule is CC(CCC(=O)O)N1CCN(C)CC1.Cl.Cl. The van der Waals surface area contributed by atoms with Crippen LogP contribution in [0.4, 0.5) is 0 Å². The minimum Gasteiger partial charge on any atom is -0.481 e. The van der Waals surface area contributed by atoms with Crippen molar-refractivity contribution in [3.05, 3.63) is 0 Å². The molecule has 0 aromatic carbocycles. The molecule has 1 saturated heterocycles. The second-order valence-corrected chi connectivity index (χ2v) is 4.12. The number of aliphatic carboxylic acids is 1. The van der Waals surface area contributed by atoms with Crippen LogP contribution in [0.3, 0.4) is 0 Å². The van der Waals surface area contributed by atoms with E-state index < -0.39 is 5.97 Å². The summed E-state index contributed by atoms with van der Waals surface area (Å²) in [5.74, 6) is -0.689. The molecule has 98 valence electrons. The van der Waals surface area contributed by atoms with Crippen LogP contribution in [0.25, 0.3) is 0 Å². The van der Waals surface area contributed by atoms with Gasteiger partial charge in [0.25, 0.3) is 0 Å². The van der Waals surface area contributed by atoms with Crippen molar-refractivity contribution in [1.29, 1.82) is 0 Å². The van der Waals surface area contributed by atoms with Gasteiger partial charge in [0.05, 0.1) is 0 Å². The summed E-state index contributed by atoms with van der Waals surface area (Å²) < 4.78 is 0. The molecule has 1 heterocycles. The minimum atomic E-state index is -0.689. The average Bonchev–Trinajstić information content (AvgIpc) is 2.15. The van der Waals surface area contributed by atoms with Crippen LogP contribution >= 0.6 is 24.8 Å². The Morgan fingerprint density at radius 1 is 1.25 bits per heavy atom. The third-order valence-corrected chi connectivity index (χ3v) is 2.94. The van der Waals surface area contributed by atoms with Crippen LogP contribution in [0.1, 0.15) is 19.8 Å². The van der Waals surface area contributed by atoms with Crippen molar-refractivity contribution in [2.75, 3.05) is 33.2 Å². The molecule has 16 heavy (non-hydrogen) atoms. The van der Waals surface area contributed by atoms with Gasteiger partial charge in [-0.05, 0) is 20.4 Å². The van der Waals surface area contributed by atoms with E-state index >= 15 is 0 Å². The maximum absolute atomic E-state index is 10.4. The topological polar surface area (TPSA) is 43.8 Å². The van der Waals surface area contributed by atoms with Gasteiger partial charge in [-0.25, -0.2) is 0 Å². The van der Waals surface area contributed by atoms with Gasteiger partial charge in [-0.1, -0.05) is 0 Å². The number of hydrogen-bond acceptors (Lipinski definition) is 3. The zero-order valence-electron chi connectivity index (χ0n) is 9.89. The summed E-state index contributed by atoms with van der Waals surface area (Å²) in [5, 5.41) is 8.58. The number of carbonyl (C=O) groups is 1. The molecule has 6 heteroatoms. The van der Waals surface area contributed by atoms with Crippen molar-refractivity contribution in [3.8, 4) is 0 Å². The van der Waals surface area contributed by atoms with E-state index in [1.54, 1.807) is 0 Å². The van der Waals surface area contributed by atoms with E-state index in [1.807, 2.05) is 0 Å². The van der Waals surface area contributed by atoms with E-state index in [-0.39, 0.29) is 31.2 Å². The van der Waals surface area contributed by atoms with E-state index in [9.17, 15) is 4.79 Å². The highest BCUT2D eigenvalue weighted by molar-refractivity contribution is 5.85. The molecule has 4 nitrogen and oxygen atoms in total. The first-order valence-corrected chi connectivity index (χ1v) is 5.24. The zero-order valence-corrected chi connectivity index (χ0v) is 11.5. The standard InChI is InChI=1S/C10H20N2O2.2ClH/c1-9(3-4-10(13)14)12-7-5-11(2)6-8-12;;/h9H,3-8H2,1-2H3,(H,13,14);2*1H. The van der Waals surface area contributed by atoms with Gasteiger partial charge >= 0.3 is 5.97 Å². The van der Waals surface area contributed by atoms with Gasteiger partial charge < -0.3 is 10.0 Å². The van der Waals surface area contributed by atoms with Gasteiger partial charge in [0.2, 0.25) is 0 Å². The number of likely N-dealkylation sites (N-methyl/N-ethyl adjacent to an activating group) is 1. The number of halogens is 2. The first-order valence-electron chi connectivity index (χ1n) is 5.24. The molecule has 0 aromatic rings. The smallest absolute Gasteiger partial charge is 0.303 e. The van der Waals surface area contributed by atoms with E-state index in [2.05, 4.69) is 23.8 Å². The molecule has 0 radical (unpaired) electrons. The third kappa shape index (κ3) is 6.53. The molecule has 0 bridgehead atoms. The quantitative estimate of drug-likeness (QED) is 0.839. The lowest BCUT2D eigenvalue weighted by Gasteiger charge is -2.36. The molecule has 0 aliphatic carbocycles. The molecule has 1 aliphatic rings. The summed E-state index contributed by atoms with van der Waals surface area (Å²) in [6.07, 6.45) is 1.05. The number of carboxylic acid groups (broad SMARTS) is 1. The Morgan fingerprint density at radius 2 is 1.75 bits per heavy atom. The Kier molecular flexibility index (Phi) is 10.4. The summed E-state index contributed by atoms with van der Waals surface area (Å²) in [7, 11) is 2.12. The highest BCUT2D eigenvalue weighted by Crippen LogP contribution is 2.09. The maximum atomic E-state index is 10.4. The Labute approximate surface area is 110 Å². The van der Waals surface area contributed by atoms with Crippen molar-refractivity contribution in [2.24, 2.45) is 0 Å². The lowest BCUT2D eigenvalue weighted by Crippen LogP contribution is -2.48. The van der Waals surface area contributed by atoms with Crippen LogP contribution in [0.5, 0.6) is 0 Å². The first-order chi connectivity index (χ1) is 6.59. The highest BCUT2D eigenvalue weighted by Gasteiger charge is 2.19. The van der Waals surface area contributed by atoms with E-state index in [0.29, 0.717) is 6.04 Å². The van der Waals surface area contributed by atoms with Gasteiger partial charge in [-0.15, -0.1) is 24.8 Å². The summed E-state index contributed by atoms with van der Waals surface area (Å²) in [5.41, 5.74) is 0. The van der Waals surface area contributed by atoms with Crippen LogP contribution in [0, 0.1) is 0 Å². The van der Waals surface area contributed by atoms with Crippen LogP contribution in [0.15, 0.2) is 0 Å². The van der Waals surface area contributed by atoms with Crippen molar-refractivity contribution >= 4 is 30.8 Å². The lowest BCUT2D eigenvalue weighted by atomic mass is 10.1. The molecule has 0 aromatic heterocycles. The predicted molar refractivity (Wildman–Crippen MR) is 69.9 cm³/mol. The molecule has 1 unspecified atom stereocenters. The fraction of sp³-hybridized carbons (Fsp3) is 0.900. The van der Waals surface area contributed by atoms with Gasteiger partial charge in [0, 0.05) is 38.6 Å². The molecular weight excluding hydrogens is 251 g/mol. The molecule has 1 aliphatic heterocycles. The summed E-state index contributed by atoms with van der Waals surface area (Å²) in [4.78, 5) is 15.1. The Bertz CT molecular complexity index is 197. The van der Waals surface area contributed by atoms with Crippen LogP contribution in [0.2, 0.25) is 0 Å². The molecule has 0 spiro atoms. The van der Waals surface area contributed by atoms with Crippen LogP contribution in [-0.2, 0) is 4.79 Å². The number of piperazine rings is 1. The molecule has 1 fully saturated rings. The van der Waals surface area contributed by atoms with Gasteiger partial charge in [0.15, 0.2) is 0 Å². The Balaban J connectivity index is 0. The third-order valence-electron chi connectivity index (χ3n) is 2.94. The molecule has 1 rings (SSSR count). The second-order valence-electron chi connectivity index (χ2n) is 4.12. The fourth-order valence-electron chi connectivity index (χ4n) is 1.78. The molecule has 1 atom stereocenters. The Morgan fingerprint density at radius 3 is 2.19 bits per heavy atom. The molecule has 0 saturated carbocycles. The van der Waals surface area contributed by atoms with Crippen LogP contribution < -0.4 is 0 Å².